The molecular formula is C12H12N2OS4. The van der Waals surface area contributed by atoms with E-state index >= 15 is 0 Å². The van der Waals surface area contributed by atoms with Crippen molar-refractivity contribution in [1.82, 2.24) is 0 Å². The second kappa shape index (κ2) is 6.71. The Morgan fingerprint density at radius 2 is 1.21 bits per heavy atom. The summed E-state index contributed by atoms with van der Waals surface area (Å²) in [6.07, 6.45) is 0. The molecule has 3 nitrogen and oxygen atoms in total. The summed E-state index contributed by atoms with van der Waals surface area (Å²) in [4.78, 5) is 3.36. The van der Waals surface area contributed by atoms with Gasteiger partial charge in [-0.25, -0.2) is 3.63 Å². The molecule has 0 aromatic heterocycles. The Morgan fingerprint density at radius 3 is 1.58 bits per heavy atom. The van der Waals surface area contributed by atoms with Crippen LogP contribution in [0.15, 0.2) is 56.0 Å². The number of nitrogen functional groups attached to an aromatic ring is 2. The van der Waals surface area contributed by atoms with Crippen LogP contribution in [0.1, 0.15) is 0 Å². The number of hydrogen-bond donors (Lipinski definition) is 4. The second-order valence-corrected chi connectivity index (χ2v) is 6.46. The average Bonchev–Trinajstić information content (AvgIpc) is 2.38. The molecular weight excluding hydrogens is 316 g/mol. The van der Waals surface area contributed by atoms with Gasteiger partial charge in [-0.3, -0.25) is 0 Å². The van der Waals surface area contributed by atoms with Gasteiger partial charge in [0.25, 0.3) is 0 Å². The fourth-order valence-corrected chi connectivity index (χ4v) is 3.19. The van der Waals surface area contributed by atoms with Crippen LogP contribution in [-0.2, 0) is 3.63 Å². The zero-order valence-electron chi connectivity index (χ0n) is 9.74. The van der Waals surface area contributed by atoms with Gasteiger partial charge in [0.1, 0.15) is 0 Å². The Morgan fingerprint density at radius 1 is 0.789 bits per heavy atom. The molecule has 0 saturated heterocycles. The van der Waals surface area contributed by atoms with Crippen LogP contribution in [0, 0.1) is 0 Å². The van der Waals surface area contributed by atoms with Crippen molar-refractivity contribution in [1.29, 1.82) is 0 Å². The number of benzene rings is 2. The van der Waals surface area contributed by atoms with Crippen molar-refractivity contribution < 1.29 is 3.63 Å². The normalized spacial score (nSPS) is 10.6. The lowest BCUT2D eigenvalue weighted by molar-refractivity contribution is 0.756. The third-order valence-electron chi connectivity index (χ3n) is 2.26. The second-order valence-electron chi connectivity index (χ2n) is 3.68. The first kappa shape index (κ1) is 14.8. The monoisotopic (exact) mass is 328 g/mol. The number of nitrogens with two attached hydrogens (primary N) is 2. The molecule has 0 aliphatic carbocycles. The maximum Gasteiger partial charge on any atom is 0.0450 e. The number of thiol groups is 2. The highest BCUT2D eigenvalue weighted by atomic mass is 32.2. The molecule has 0 aliphatic rings. The molecule has 0 amide bonds. The molecule has 0 saturated carbocycles. The van der Waals surface area contributed by atoms with Crippen LogP contribution in [0.25, 0.3) is 0 Å². The minimum atomic E-state index is 0.651. The van der Waals surface area contributed by atoms with Gasteiger partial charge < -0.3 is 11.5 Å². The third-order valence-corrected chi connectivity index (χ3v) is 4.48. The van der Waals surface area contributed by atoms with Gasteiger partial charge in [0.05, 0.1) is 0 Å². The maximum absolute atomic E-state index is 5.69. The summed E-state index contributed by atoms with van der Waals surface area (Å²) in [5.74, 6) is 0. The standard InChI is InChI=1S/C12H12N2OS4/c13-9-3-1-7(5-11(9)16)18-15-19-8-2-4-10(14)12(17)6-8/h1-6,16-17H,13-14H2. The molecule has 7 heteroatoms. The highest BCUT2D eigenvalue weighted by Crippen LogP contribution is 2.33. The zero-order chi connectivity index (χ0) is 13.8. The number of hydrogen-bond acceptors (Lipinski definition) is 7. The van der Waals surface area contributed by atoms with E-state index in [1.54, 1.807) is 12.1 Å². The minimum absolute atomic E-state index is 0.651. The minimum Gasteiger partial charge on any atom is -0.398 e. The number of rotatable bonds is 4. The molecule has 2 aromatic rings. The van der Waals surface area contributed by atoms with E-state index in [4.69, 9.17) is 15.1 Å². The molecule has 4 N–H and O–H groups in total. The van der Waals surface area contributed by atoms with Crippen LogP contribution in [0.5, 0.6) is 0 Å². The van der Waals surface area contributed by atoms with E-state index in [0.29, 0.717) is 11.4 Å². The van der Waals surface area contributed by atoms with Crippen molar-refractivity contribution in [3.63, 3.8) is 0 Å². The van der Waals surface area contributed by atoms with Crippen molar-refractivity contribution in [3.05, 3.63) is 36.4 Å². The van der Waals surface area contributed by atoms with E-state index < -0.39 is 0 Å². The Hall–Kier alpha value is -0.600. The van der Waals surface area contributed by atoms with E-state index in [2.05, 4.69) is 25.3 Å². The summed E-state index contributed by atoms with van der Waals surface area (Å²) < 4.78 is 5.48. The number of anilines is 2. The molecule has 0 unspecified atom stereocenters. The molecule has 0 aliphatic heterocycles. The fraction of sp³-hybridized carbons (Fsp3) is 0. The quantitative estimate of drug-likeness (QED) is 0.386. The molecule has 2 rings (SSSR count). The summed E-state index contributed by atoms with van der Waals surface area (Å²) >= 11 is 11.0. The van der Waals surface area contributed by atoms with Crippen molar-refractivity contribution in [2.24, 2.45) is 0 Å². The van der Waals surface area contributed by atoms with Gasteiger partial charge in [0.15, 0.2) is 0 Å². The van der Waals surface area contributed by atoms with Gasteiger partial charge in [-0.05, 0) is 36.4 Å². The Balaban J connectivity index is 1.92. The predicted molar refractivity (Wildman–Crippen MR) is 89.0 cm³/mol. The van der Waals surface area contributed by atoms with Crippen LogP contribution >= 0.6 is 49.3 Å². The molecule has 19 heavy (non-hydrogen) atoms. The lowest BCUT2D eigenvalue weighted by Crippen LogP contribution is -1.87. The first-order valence-corrected chi connectivity index (χ1v) is 7.62. The van der Waals surface area contributed by atoms with Crippen LogP contribution in [0.2, 0.25) is 0 Å². The van der Waals surface area contributed by atoms with E-state index in [-0.39, 0.29) is 0 Å². The van der Waals surface area contributed by atoms with E-state index in [9.17, 15) is 0 Å². The summed E-state index contributed by atoms with van der Waals surface area (Å²) in [6, 6.07) is 11.1. The molecule has 100 valence electrons. The summed E-state index contributed by atoms with van der Waals surface area (Å²) in [6.45, 7) is 0. The largest absolute Gasteiger partial charge is 0.398 e. The molecule has 0 radical (unpaired) electrons. The Labute approximate surface area is 131 Å². The van der Waals surface area contributed by atoms with E-state index in [0.717, 1.165) is 19.6 Å². The van der Waals surface area contributed by atoms with Gasteiger partial charge in [0, 0.05) is 55.0 Å². The first-order valence-electron chi connectivity index (χ1n) is 5.24. The van der Waals surface area contributed by atoms with E-state index in [1.165, 1.54) is 24.1 Å². The van der Waals surface area contributed by atoms with Crippen molar-refractivity contribution in [3.8, 4) is 0 Å². The molecule has 0 atom stereocenters. The Bertz CT molecular complexity index is 540. The van der Waals surface area contributed by atoms with Crippen LogP contribution in [0.4, 0.5) is 11.4 Å². The lowest BCUT2D eigenvalue weighted by atomic mass is 10.3. The Kier molecular flexibility index (Phi) is 5.23. The topological polar surface area (TPSA) is 61.3 Å². The van der Waals surface area contributed by atoms with Crippen molar-refractivity contribution >= 4 is 60.7 Å². The summed E-state index contributed by atoms with van der Waals surface area (Å²) in [5.41, 5.74) is 12.7. The molecule has 0 fully saturated rings. The van der Waals surface area contributed by atoms with Gasteiger partial charge in [-0.2, -0.15) is 0 Å². The smallest absolute Gasteiger partial charge is 0.0450 e. The van der Waals surface area contributed by atoms with Gasteiger partial charge >= 0.3 is 0 Å². The summed E-state index contributed by atoms with van der Waals surface area (Å²) in [5, 5.41) is 0. The van der Waals surface area contributed by atoms with Crippen LogP contribution in [0.3, 0.4) is 0 Å². The van der Waals surface area contributed by atoms with Gasteiger partial charge in [0.2, 0.25) is 0 Å². The molecule has 2 aromatic carbocycles. The van der Waals surface area contributed by atoms with E-state index in [1.807, 2.05) is 24.3 Å². The summed E-state index contributed by atoms with van der Waals surface area (Å²) in [7, 11) is 0. The zero-order valence-corrected chi connectivity index (χ0v) is 13.2. The highest BCUT2D eigenvalue weighted by molar-refractivity contribution is 8.08. The average molecular weight is 329 g/mol. The predicted octanol–water partition coefficient (Wildman–Crippen LogP) is 4.16. The highest BCUT2D eigenvalue weighted by Gasteiger charge is 2.02. The SMILES string of the molecule is Nc1ccc(SOSc2ccc(N)c(S)c2)cc1S. The van der Waals surface area contributed by atoms with Crippen molar-refractivity contribution in [2.75, 3.05) is 11.5 Å². The third kappa shape index (κ3) is 4.19. The molecule has 0 heterocycles. The first-order chi connectivity index (χ1) is 9.06. The van der Waals surface area contributed by atoms with Crippen LogP contribution < -0.4 is 11.5 Å². The van der Waals surface area contributed by atoms with Gasteiger partial charge in [-0.15, -0.1) is 25.3 Å². The lowest BCUT2D eigenvalue weighted by Gasteiger charge is -2.05. The molecule has 0 spiro atoms. The fourth-order valence-electron chi connectivity index (χ4n) is 1.25. The van der Waals surface area contributed by atoms with Gasteiger partial charge in [-0.1, -0.05) is 0 Å². The van der Waals surface area contributed by atoms with Crippen LogP contribution in [-0.4, -0.2) is 0 Å². The van der Waals surface area contributed by atoms with Crippen molar-refractivity contribution in [2.45, 2.75) is 19.6 Å². The molecule has 0 bridgehead atoms. The maximum atomic E-state index is 5.69.